The van der Waals surface area contributed by atoms with Crippen LogP contribution in [-0.4, -0.2) is 144 Å². The summed E-state index contributed by atoms with van der Waals surface area (Å²) in [5.74, 6) is -5.73. The van der Waals surface area contributed by atoms with Gasteiger partial charge in [0.2, 0.25) is 0 Å². The zero-order valence-electron chi connectivity index (χ0n) is 41.0. The summed E-state index contributed by atoms with van der Waals surface area (Å²) in [5, 5.41) is 11.9. The molecule has 0 aromatic carbocycles. The predicted molar refractivity (Wildman–Crippen MR) is 232 cm³/mol. The molecule has 66 heavy (non-hydrogen) atoms. The highest BCUT2D eigenvalue weighted by Gasteiger charge is 2.57. The number of cyclic esters (lactones) is 1. The summed E-state index contributed by atoms with van der Waals surface area (Å²) in [4.78, 5) is 71.7. The molecule has 0 radical (unpaired) electrons. The van der Waals surface area contributed by atoms with Gasteiger partial charge >= 0.3 is 24.2 Å². The van der Waals surface area contributed by atoms with Gasteiger partial charge in [0, 0.05) is 51.3 Å². The van der Waals surface area contributed by atoms with Gasteiger partial charge in [0.1, 0.15) is 36.3 Å². The Hall–Kier alpha value is -3.72. The molecule has 0 bridgehead atoms. The van der Waals surface area contributed by atoms with E-state index in [9.17, 15) is 29.1 Å². The Morgan fingerprint density at radius 3 is 2.17 bits per heavy atom. The molecular weight excluding hydrogens is 865 g/mol. The van der Waals surface area contributed by atoms with E-state index in [1.54, 1.807) is 48.5 Å². The SMILES string of the molecule is CO[C@H]1[C@@H](OC)[C@H](OC[C@H](C)[C@H]2OC(=O)[C@H](C)[C@@H](O[C@H]3C[C@@]4(C)OC(=O)O[C@H]4[C@H](C)O3)[C@H](C)C[C@@H](C)C[C@](C)(O)C(=O)[C@H](C)[C@H](OC(=O)CC(C)C)[C@H]2C)O[C@H](C)[C@H]1OC(=O)n1ccnc1. The lowest BCUT2D eigenvalue weighted by Crippen LogP contribution is -2.60. The van der Waals surface area contributed by atoms with Gasteiger partial charge in [-0.05, 0) is 65.2 Å². The van der Waals surface area contributed by atoms with E-state index in [4.69, 9.17) is 52.1 Å². The number of ketones is 1. The van der Waals surface area contributed by atoms with Crippen LogP contribution in [0.2, 0.25) is 0 Å². The van der Waals surface area contributed by atoms with E-state index in [-0.39, 0.29) is 43.6 Å². The zero-order chi connectivity index (χ0) is 49.0. The number of carbonyl (C=O) groups is 5. The molecule has 4 aliphatic heterocycles. The van der Waals surface area contributed by atoms with Gasteiger partial charge in [-0.25, -0.2) is 19.1 Å². The van der Waals surface area contributed by atoms with Crippen molar-refractivity contribution in [1.29, 1.82) is 0 Å². The first-order valence-corrected chi connectivity index (χ1v) is 23.3. The molecule has 1 aromatic rings. The molecule has 19 heteroatoms. The standard InChI is InChI=1S/C47H74N2O17/c1-23(2)17-32(50)61-36-27(6)35(26(5)21-58-43-39(57-14)38(56-13)37(30(9)60-43)64-44(53)49-16-15-48-22-49)63-42(52)29(8)34(25(4)18-24(3)19-46(11,55)40(51)28(36)7)62-33-20-47(12)41(31(10)59-33)65-45(54)66-47/h15-16,22-31,33-39,41,43,55H,17-21H2,1-14H3/t24-,25-,26+,27+,28-,29-,30-,31+,33+,34+,35-,36-,37-,38-,39-,41+,43-,46+,47-/m1/s1. The van der Waals surface area contributed by atoms with Crippen molar-refractivity contribution in [1.82, 2.24) is 9.55 Å². The van der Waals surface area contributed by atoms with E-state index >= 15 is 0 Å². The first kappa shape index (κ1) is 53.2. The normalized spacial score (nSPS) is 40.9. The van der Waals surface area contributed by atoms with Crippen molar-refractivity contribution < 1.29 is 81.2 Å². The summed E-state index contributed by atoms with van der Waals surface area (Å²) < 4.78 is 67.9. The molecule has 19 nitrogen and oxygen atoms in total. The number of hydrogen-bond acceptors (Lipinski definition) is 18. The molecule has 0 aliphatic carbocycles. The minimum atomic E-state index is -1.82. The molecule has 4 saturated heterocycles. The third kappa shape index (κ3) is 12.3. The summed E-state index contributed by atoms with van der Waals surface area (Å²) >= 11 is 0. The molecule has 0 amide bonds. The van der Waals surface area contributed by atoms with Crippen molar-refractivity contribution in [2.24, 2.45) is 41.4 Å². The van der Waals surface area contributed by atoms with Crippen molar-refractivity contribution in [2.45, 2.75) is 187 Å². The first-order chi connectivity index (χ1) is 30.9. The number of esters is 2. The Morgan fingerprint density at radius 2 is 1.55 bits per heavy atom. The fourth-order valence-corrected chi connectivity index (χ4v) is 10.4. The van der Waals surface area contributed by atoms with Crippen LogP contribution < -0.4 is 0 Å². The lowest BCUT2D eigenvalue weighted by molar-refractivity contribution is -0.304. The lowest BCUT2D eigenvalue weighted by atomic mass is 9.75. The average molecular weight is 939 g/mol. The Balaban J connectivity index is 1.47. The van der Waals surface area contributed by atoms with Gasteiger partial charge < -0.3 is 57.2 Å². The molecule has 5 rings (SSSR count). The quantitative estimate of drug-likeness (QED) is 0.198. The van der Waals surface area contributed by atoms with Crippen molar-refractivity contribution >= 4 is 30.0 Å². The number of aromatic nitrogens is 2. The molecule has 5 heterocycles. The Kier molecular flexibility index (Phi) is 17.9. The fourth-order valence-electron chi connectivity index (χ4n) is 10.4. The number of imidazole rings is 1. The molecule has 0 spiro atoms. The summed E-state index contributed by atoms with van der Waals surface area (Å²) in [7, 11) is 2.90. The number of rotatable bonds is 12. The summed E-state index contributed by atoms with van der Waals surface area (Å²) in [6, 6.07) is 0. The minimum absolute atomic E-state index is 0.0589. The number of methoxy groups -OCH3 is 2. The van der Waals surface area contributed by atoms with Gasteiger partial charge in [-0.1, -0.05) is 48.5 Å². The molecule has 1 aromatic heterocycles. The maximum Gasteiger partial charge on any atom is 0.509 e. The van der Waals surface area contributed by atoms with E-state index < -0.39 is 132 Å². The van der Waals surface area contributed by atoms with Gasteiger partial charge in [-0.15, -0.1) is 0 Å². The van der Waals surface area contributed by atoms with E-state index in [2.05, 4.69) is 4.98 Å². The van der Waals surface area contributed by atoms with Crippen molar-refractivity contribution in [3.63, 3.8) is 0 Å². The van der Waals surface area contributed by atoms with E-state index in [1.165, 1.54) is 44.4 Å². The molecule has 0 saturated carbocycles. The zero-order valence-corrected chi connectivity index (χ0v) is 41.0. The van der Waals surface area contributed by atoms with Crippen LogP contribution in [0, 0.1) is 41.4 Å². The van der Waals surface area contributed by atoms with Crippen LogP contribution in [0.3, 0.4) is 0 Å². The van der Waals surface area contributed by atoms with Crippen LogP contribution >= 0.6 is 0 Å². The van der Waals surface area contributed by atoms with Gasteiger partial charge in [-0.2, -0.15) is 0 Å². The molecule has 4 fully saturated rings. The second-order valence-electron chi connectivity index (χ2n) is 20.1. The summed E-state index contributed by atoms with van der Waals surface area (Å²) in [6.07, 6.45) is -6.13. The van der Waals surface area contributed by atoms with Gasteiger partial charge in [0.25, 0.3) is 0 Å². The van der Waals surface area contributed by atoms with Gasteiger partial charge in [-0.3, -0.25) is 14.4 Å². The average Bonchev–Trinajstić information content (AvgIpc) is 3.89. The Bertz CT molecular complexity index is 1810. The first-order valence-electron chi connectivity index (χ1n) is 23.3. The van der Waals surface area contributed by atoms with Crippen molar-refractivity contribution in [3.8, 4) is 0 Å². The maximum atomic E-state index is 14.7. The lowest BCUT2D eigenvalue weighted by Gasteiger charge is -2.44. The molecular formula is C47H74N2O17. The van der Waals surface area contributed by atoms with Crippen molar-refractivity contribution in [3.05, 3.63) is 18.7 Å². The smallest absolute Gasteiger partial charge is 0.461 e. The monoisotopic (exact) mass is 938 g/mol. The van der Waals surface area contributed by atoms with Crippen LogP contribution in [0.5, 0.6) is 0 Å². The number of nitrogens with zero attached hydrogens (tertiary/aromatic N) is 2. The van der Waals surface area contributed by atoms with Gasteiger partial charge in [0.15, 0.2) is 36.2 Å². The highest BCUT2D eigenvalue weighted by Crippen LogP contribution is 2.42. The second-order valence-corrected chi connectivity index (χ2v) is 20.1. The maximum absolute atomic E-state index is 14.7. The van der Waals surface area contributed by atoms with Crippen LogP contribution in [0.1, 0.15) is 109 Å². The molecule has 374 valence electrons. The highest BCUT2D eigenvalue weighted by atomic mass is 16.8. The van der Waals surface area contributed by atoms with Crippen LogP contribution in [0.15, 0.2) is 18.7 Å². The number of aliphatic hydroxyl groups is 1. The highest BCUT2D eigenvalue weighted by molar-refractivity contribution is 5.89. The topological polar surface area (TPSA) is 225 Å². The molecule has 1 N–H and O–H groups in total. The number of fused-ring (bicyclic) bond motifs is 1. The minimum Gasteiger partial charge on any atom is -0.461 e. The molecule has 0 unspecified atom stereocenters. The van der Waals surface area contributed by atoms with Crippen LogP contribution in [0.4, 0.5) is 9.59 Å². The number of carbonyl (C=O) groups excluding carboxylic acids is 5. The number of hydrogen-bond donors (Lipinski definition) is 1. The Labute approximate surface area is 388 Å². The number of Topliss-reactive ketones (excluding diaryl/α,β-unsaturated/α-hetero) is 1. The second kappa shape index (κ2) is 22.1. The van der Waals surface area contributed by atoms with Crippen LogP contribution in [-0.2, 0) is 66.5 Å². The largest absolute Gasteiger partial charge is 0.509 e. The van der Waals surface area contributed by atoms with Gasteiger partial charge in [0.05, 0.1) is 36.8 Å². The fraction of sp³-hybridized carbons (Fsp3) is 0.830. The van der Waals surface area contributed by atoms with E-state index in [0.29, 0.717) is 6.42 Å². The number of ether oxygens (including phenoxy) is 11. The Morgan fingerprint density at radius 1 is 0.864 bits per heavy atom. The predicted octanol–water partition coefficient (Wildman–Crippen LogP) is 5.64. The molecule has 4 aliphatic rings. The van der Waals surface area contributed by atoms with Crippen LogP contribution in [0.25, 0.3) is 0 Å². The summed E-state index contributed by atoms with van der Waals surface area (Å²) in [5.41, 5.74) is -2.86. The third-order valence-corrected chi connectivity index (χ3v) is 13.6. The summed E-state index contributed by atoms with van der Waals surface area (Å²) in [6.45, 7) is 21.1. The van der Waals surface area contributed by atoms with E-state index in [0.717, 1.165) is 0 Å². The third-order valence-electron chi connectivity index (χ3n) is 13.6. The molecule has 19 atom stereocenters. The van der Waals surface area contributed by atoms with E-state index in [1.807, 2.05) is 27.7 Å². The van der Waals surface area contributed by atoms with Crippen molar-refractivity contribution in [2.75, 3.05) is 20.8 Å².